The molecule has 2 nitrogen and oxygen atoms in total. The van der Waals surface area contributed by atoms with E-state index in [1.54, 1.807) is 6.07 Å². The van der Waals surface area contributed by atoms with Crippen LogP contribution in [0.5, 0.6) is 5.75 Å². The van der Waals surface area contributed by atoms with E-state index in [1.165, 1.54) is 12.3 Å². The molecular formula is C9H12FNO. The van der Waals surface area contributed by atoms with E-state index in [2.05, 4.69) is 4.98 Å². The van der Waals surface area contributed by atoms with Crippen molar-refractivity contribution in [2.24, 2.45) is 0 Å². The summed E-state index contributed by atoms with van der Waals surface area (Å²) in [6.45, 7) is 3.99. The molecule has 0 aromatic carbocycles. The Labute approximate surface area is 71.4 Å². The lowest BCUT2D eigenvalue weighted by molar-refractivity contribution is 0.216. The summed E-state index contributed by atoms with van der Waals surface area (Å²) in [7, 11) is 0. The monoisotopic (exact) mass is 169 g/mol. The second-order valence-corrected chi connectivity index (χ2v) is 2.65. The Hall–Kier alpha value is -1.12. The molecule has 0 amide bonds. The van der Waals surface area contributed by atoms with Gasteiger partial charge in [0, 0.05) is 0 Å². The van der Waals surface area contributed by atoms with Crippen LogP contribution in [0.15, 0.2) is 18.3 Å². The molecule has 1 heterocycles. The number of hydrogen-bond acceptors (Lipinski definition) is 2. The molecule has 0 N–H and O–H groups in total. The van der Waals surface area contributed by atoms with Crippen molar-refractivity contribution in [1.82, 2.24) is 4.98 Å². The molecule has 1 aromatic rings. The minimum absolute atomic E-state index is 0.150. The number of nitrogens with zero attached hydrogens (tertiary/aromatic N) is 1. The maximum atomic E-state index is 12.3. The molecule has 1 aromatic heterocycles. The van der Waals surface area contributed by atoms with Crippen molar-refractivity contribution >= 4 is 0 Å². The van der Waals surface area contributed by atoms with Gasteiger partial charge < -0.3 is 4.74 Å². The number of rotatable bonds is 3. The Balaban J connectivity index is 2.58. The predicted octanol–water partition coefficient (Wildman–Crippen LogP) is 2.40. The van der Waals surface area contributed by atoms with E-state index in [4.69, 9.17) is 4.74 Å². The molecule has 3 heteroatoms. The molecule has 0 aliphatic heterocycles. The summed E-state index contributed by atoms with van der Waals surface area (Å²) >= 11 is 0. The van der Waals surface area contributed by atoms with Crippen LogP contribution in [0.4, 0.5) is 4.39 Å². The van der Waals surface area contributed by atoms with Gasteiger partial charge >= 0.3 is 0 Å². The van der Waals surface area contributed by atoms with Gasteiger partial charge in [-0.25, -0.2) is 4.98 Å². The van der Waals surface area contributed by atoms with Gasteiger partial charge in [0.1, 0.15) is 5.75 Å². The molecule has 0 aliphatic carbocycles. The van der Waals surface area contributed by atoms with Gasteiger partial charge in [-0.3, -0.25) is 0 Å². The van der Waals surface area contributed by atoms with Gasteiger partial charge in [0.05, 0.1) is 12.3 Å². The molecule has 1 rings (SSSR count). The van der Waals surface area contributed by atoms with Crippen LogP contribution in [0.25, 0.3) is 0 Å². The highest BCUT2D eigenvalue weighted by atomic mass is 19.1. The second-order valence-electron chi connectivity index (χ2n) is 2.65. The Morgan fingerprint density at radius 3 is 2.83 bits per heavy atom. The third kappa shape index (κ3) is 2.49. The topological polar surface area (TPSA) is 22.1 Å². The fourth-order valence-electron chi connectivity index (χ4n) is 0.748. The fourth-order valence-corrected chi connectivity index (χ4v) is 0.748. The summed E-state index contributed by atoms with van der Waals surface area (Å²) in [4.78, 5) is 3.47. The highest BCUT2D eigenvalue weighted by molar-refractivity contribution is 5.16. The summed E-state index contributed by atoms with van der Waals surface area (Å²) in [5.41, 5.74) is 0. The molecule has 0 saturated carbocycles. The molecular weight excluding hydrogens is 157 g/mol. The SMILES string of the molecule is CCC(C)Oc1ccc(F)nc1. The van der Waals surface area contributed by atoms with Gasteiger partial charge in [0.25, 0.3) is 0 Å². The minimum Gasteiger partial charge on any atom is -0.489 e. The van der Waals surface area contributed by atoms with Gasteiger partial charge in [0.15, 0.2) is 0 Å². The highest BCUT2D eigenvalue weighted by Crippen LogP contribution is 2.11. The maximum Gasteiger partial charge on any atom is 0.213 e. The zero-order chi connectivity index (χ0) is 8.97. The van der Waals surface area contributed by atoms with Crippen LogP contribution in [0.3, 0.4) is 0 Å². The third-order valence-corrected chi connectivity index (χ3v) is 1.61. The van der Waals surface area contributed by atoms with Crippen LogP contribution < -0.4 is 4.74 Å². The average molecular weight is 169 g/mol. The van der Waals surface area contributed by atoms with E-state index in [9.17, 15) is 4.39 Å². The molecule has 0 aliphatic rings. The zero-order valence-corrected chi connectivity index (χ0v) is 7.25. The predicted molar refractivity (Wildman–Crippen MR) is 44.6 cm³/mol. The normalized spacial score (nSPS) is 12.6. The Kier molecular flexibility index (Phi) is 3.02. The zero-order valence-electron chi connectivity index (χ0n) is 7.25. The first-order chi connectivity index (χ1) is 5.72. The molecule has 12 heavy (non-hydrogen) atoms. The standard InChI is InChI=1S/C9H12FNO/c1-3-7(2)12-8-4-5-9(10)11-6-8/h4-7H,3H2,1-2H3. The Morgan fingerprint density at radius 1 is 1.58 bits per heavy atom. The lowest BCUT2D eigenvalue weighted by Crippen LogP contribution is -2.09. The quantitative estimate of drug-likeness (QED) is 0.648. The number of pyridine rings is 1. The summed E-state index contributed by atoms with van der Waals surface area (Å²) in [5.74, 6) is 0.136. The fraction of sp³-hybridized carbons (Fsp3) is 0.444. The third-order valence-electron chi connectivity index (χ3n) is 1.61. The first kappa shape index (κ1) is 8.97. The largest absolute Gasteiger partial charge is 0.489 e. The summed E-state index contributed by atoms with van der Waals surface area (Å²) in [6, 6.07) is 2.87. The van der Waals surface area contributed by atoms with Gasteiger partial charge in [-0.2, -0.15) is 4.39 Å². The molecule has 0 spiro atoms. The molecule has 0 fully saturated rings. The van der Waals surface area contributed by atoms with Gasteiger partial charge in [0.2, 0.25) is 5.95 Å². The van der Waals surface area contributed by atoms with Crippen molar-refractivity contribution in [2.45, 2.75) is 26.4 Å². The lowest BCUT2D eigenvalue weighted by Gasteiger charge is -2.11. The van der Waals surface area contributed by atoms with Gasteiger partial charge in [-0.15, -0.1) is 0 Å². The van der Waals surface area contributed by atoms with Crippen molar-refractivity contribution in [3.63, 3.8) is 0 Å². The first-order valence-electron chi connectivity index (χ1n) is 4.00. The van der Waals surface area contributed by atoms with E-state index in [0.717, 1.165) is 6.42 Å². The lowest BCUT2D eigenvalue weighted by atomic mass is 10.3. The van der Waals surface area contributed by atoms with Crippen molar-refractivity contribution in [3.8, 4) is 5.75 Å². The molecule has 1 atom stereocenters. The number of halogens is 1. The van der Waals surface area contributed by atoms with E-state index in [1.807, 2.05) is 13.8 Å². The Morgan fingerprint density at radius 2 is 2.33 bits per heavy atom. The Bertz CT molecular complexity index is 235. The van der Waals surface area contributed by atoms with Crippen molar-refractivity contribution in [1.29, 1.82) is 0 Å². The first-order valence-corrected chi connectivity index (χ1v) is 4.00. The average Bonchev–Trinajstić information content (AvgIpc) is 2.09. The highest BCUT2D eigenvalue weighted by Gasteiger charge is 2.00. The number of ether oxygens (including phenoxy) is 1. The van der Waals surface area contributed by atoms with E-state index in [0.29, 0.717) is 5.75 Å². The molecule has 0 saturated heterocycles. The molecule has 1 unspecified atom stereocenters. The van der Waals surface area contributed by atoms with Gasteiger partial charge in [-0.1, -0.05) is 6.92 Å². The molecule has 0 bridgehead atoms. The summed E-state index contributed by atoms with van der Waals surface area (Å²) in [6.07, 6.45) is 2.47. The van der Waals surface area contributed by atoms with Crippen LogP contribution in [-0.4, -0.2) is 11.1 Å². The molecule has 66 valence electrons. The van der Waals surface area contributed by atoms with E-state index in [-0.39, 0.29) is 6.10 Å². The minimum atomic E-state index is -0.480. The van der Waals surface area contributed by atoms with Crippen LogP contribution in [0, 0.1) is 5.95 Å². The smallest absolute Gasteiger partial charge is 0.213 e. The van der Waals surface area contributed by atoms with Gasteiger partial charge in [-0.05, 0) is 25.5 Å². The van der Waals surface area contributed by atoms with Crippen molar-refractivity contribution < 1.29 is 9.13 Å². The van der Waals surface area contributed by atoms with Crippen LogP contribution in [0.2, 0.25) is 0 Å². The van der Waals surface area contributed by atoms with E-state index >= 15 is 0 Å². The number of aromatic nitrogens is 1. The summed E-state index contributed by atoms with van der Waals surface area (Å²) in [5, 5.41) is 0. The van der Waals surface area contributed by atoms with Crippen LogP contribution >= 0.6 is 0 Å². The van der Waals surface area contributed by atoms with Crippen LogP contribution in [0.1, 0.15) is 20.3 Å². The van der Waals surface area contributed by atoms with Crippen LogP contribution in [-0.2, 0) is 0 Å². The van der Waals surface area contributed by atoms with Crippen molar-refractivity contribution in [3.05, 3.63) is 24.3 Å². The maximum absolute atomic E-state index is 12.3. The van der Waals surface area contributed by atoms with Crippen molar-refractivity contribution in [2.75, 3.05) is 0 Å². The molecule has 0 radical (unpaired) electrons. The second kappa shape index (κ2) is 4.04. The number of hydrogen-bond donors (Lipinski definition) is 0. The summed E-state index contributed by atoms with van der Waals surface area (Å²) < 4.78 is 17.7. The van der Waals surface area contributed by atoms with E-state index < -0.39 is 5.95 Å².